The molecule has 0 fully saturated rings. The number of aromatic nitrogens is 3. The highest BCUT2D eigenvalue weighted by Crippen LogP contribution is 2.30. The number of carbonyl (C=O) groups excluding carboxylic acids is 2. The molecule has 1 heterocycles. The number of amides is 2. The van der Waals surface area contributed by atoms with Crippen LogP contribution in [0.2, 0.25) is 0 Å². The van der Waals surface area contributed by atoms with Gasteiger partial charge >= 0.3 is 0 Å². The van der Waals surface area contributed by atoms with E-state index >= 15 is 0 Å². The Hall–Kier alpha value is -4.98. The lowest BCUT2D eigenvalue weighted by Gasteiger charge is -2.31. The van der Waals surface area contributed by atoms with Crippen LogP contribution in [-0.4, -0.2) is 33.4 Å². The van der Waals surface area contributed by atoms with E-state index in [9.17, 15) is 9.59 Å². The Morgan fingerprint density at radius 1 is 0.872 bits per heavy atom. The molecule has 4 aromatic carbocycles. The first-order valence-electron chi connectivity index (χ1n) is 12.8. The van der Waals surface area contributed by atoms with Gasteiger partial charge in [0.15, 0.2) is 0 Å². The maximum absolute atomic E-state index is 14.1. The standard InChI is InChI=1S/C31H29N5O3/c1-2-39-26-19-17-24(18-20-26)30(31(38)32-21-23-11-5-3-6-12-23)36(25-13-7-4-8-14-25)29(37)22-35-28-16-10-9-15-27(28)33-34-35/h3-20,30H,2,21-22H2,1H3,(H,32,38). The summed E-state index contributed by atoms with van der Waals surface area (Å²) in [7, 11) is 0. The highest BCUT2D eigenvalue weighted by Gasteiger charge is 2.33. The number of hydrogen-bond acceptors (Lipinski definition) is 5. The Balaban J connectivity index is 1.53. The first kappa shape index (κ1) is 25.7. The van der Waals surface area contributed by atoms with Crippen LogP contribution < -0.4 is 15.0 Å². The van der Waals surface area contributed by atoms with Crippen LogP contribution in [0.3, 0.4) is 0 Å². The SMILES string of the molecule is CCOc1ccc(C(C(=O)NCc2ccccc2)N(C(=O)Cn2nnc3ccccc32)c2ccccc2)cc1. The molecule has 0 saturated carbocycles. The highest BCUT2D eigenvalue weighted by atomic mass is 16.5. The summed E-state index contributed by atoms with van der Waals surface area (Å²) in [5, 5.41) is 11.4. The van der Waals surface area contributed by atoms with Crippen molar-refractivity contribution in [2.24, 2.45) is 0 Å². The highest BCUT2D eigenvalue weighted by molar-refractivity contribution is 6.01. The van der Waals surface area contributed by atoms with Crippen molar-refractivity contribution in [2.75, 3.05) is 11.5 Å². The molecule has 0 radical (unpaired) electrons. The summed E-state index contributed by atoms with van der Waals surface area (Å²) < 4.78 is 7.17. The topological polar surface area (TPSA) is 89.4 Å². The molecular formula is C31H29N5O3. The van der Waals surface area contributed by atoms with E-state index in [1.165, 1.54) is 4.90 Å². The number of nitrogens with one attached hydrogen (secondary N) is 1. The van der Waals surface area contributed by atoms with Crippen molar-refractivity contribution in [1.82, 2.24) is 20.3 Å². The predicted octanol–water partition coefficient (Wildman–Crippen LogP) is 4.92. The molecule has 39 heavy (non-hydrogen) atoms. The van der Waals surface area contributed by atoms with Crippen molar-refractivity contribution in [3.8, 4) is 5.75 Å². The van der Waals surface area contributed by atoms with Gasteiger partial charge in [0, 0.05) is 12.2 Å². The second-order valence-electron chi connectivity index (χ2n) is 8.94. The van der Waals surface area contributed by atoms with Crippen LogP contribution in [0.15, 0.2) is 109 Å². The minimum absolute atomic E-state index is 0.0884. The number of rotatable bonds is 10. The van der Waals surface area contributed by atoms with Crippen molar-refractivity contribution in [3.05, 3.63) is 120 Å². The molecule has 0 saturated heterocycles. The van der Waals surface area contributed by atoms with Crippen molar-refractivity contribution in [1.29, 1.82) is 0 Å². The van der Waals surface area contributed by atoms with Gasteiger partial charge in [0.2, 0.25) is 11.8 Å². The van der Waals surface area contributed by atoms with E-state index in [1.807, 2.05) is 116 Å². The number of nitrogens with zero attached hydrogens (tertiary/aromatic N) is 4. The predicted molar refractivity (Wildman–Crippen MR) is 150 cm³/mol. The van der Waals surface area contributed by atoms with Gasteiger partial charge in [-0.2, -0.15) is 0 Å². The molecule has 0 bridgehead atoms. The molecule has 1 atom stereocenters. The Kier molecular flexibility index (Phi) is 7.92. The summed E-state index contributed by atoms with van der Waals surface area (Å²) in [5.74, 6) is 0.0885. The number of ether oxygens (including phenoxy) is 1. The molecule has 8 nitrogen and oxygen atoms in total. The van der Waals surface area contributed by atoms with Crippen LogP contribution in [0.5, 0.6) is 5.75 Å². The zero-order chi connectivity index (χ0) is 27.0. The molecule has 1 unspecified atom stereocenters. The van der Waals surface area contributed by atoms with Gasteiger partial charge < -0.3 is 10.1 Å². The maximum Gasteiger partial charge on any atom is 0.249 e. The number of hydrogen-bond donors (Lipinski definition) is 1. The Morgan fingerprint density at radius 3 is 2.26 bits per heavy atom. The minimum Gasteiger partial charge on any atom is -0.494 e. The molecule has 1 aromatic heterocycles. The van der Waals surface area contributed by atoms with Gasteiger partial charge in [-0.05, 0) is 54.4 Å². The number of benzene rings is 4. The van der Waals surface area contributed by atoms with Gasteiger partial charge in [0.1, 0.15) is 23.9 Å². The number of fused-ring (bicyclic) bond motifs is 1. The molecule has 0 aliphatic carbocycles. The summed E-state index contributed by atoms with van der Waals surface area (Å²) in [5.41, 5.74) is 3.65. The third-order valence-electron chi connectivity index (χ3n) is 6.33. The number of anilines is 1. The fourth-order valence-corrected chi connectivity index (χ4v) is 4.48. The summed E-state index contributed by atoms with van der Waals surface area (Å²) in [6, 6.07) is 32.7. The van der Waals surface area contributed by atoms with Crippen LogP contribution in [-0.2, 0) is 22.7 Å². The van der Waals surface area contributed by atoms with E-state index < -0.39 is 6.04 Å². The van der Waals surface area contributed by atoms with Crippen LogP contribution in [0, 0.1) is 0 Å². The lowest BCUT2D eigenvalue weighted by atomic mass is 10.0. The second kappa shape index (κ2) is 12.0. The second-order valence-corrected chi connectivity index (χ2v) is 8.94. The van der Waals surface area contributed by atoms with E-state index in [0.29, 0.717) is 35.7 Å². The lowest BCUT2D eigenvalue weighted by molar-refractivity contribution is -0.127. The average Bonchev–Trinajstić information content (AvgIpc) is 3.39. The first-order chi connectivity index (χ1) is 19.1. The minimum atomic E-state index is -0.936. The molecule has 2 amide bonds. The van der Waals surface area contributed by atoms with Crippen LogP contribution in [0.4, 0.5) is 5.69 Å². The largest absolute Gasteiger partial charge is 0.494 e. The van der Waals surface area contributed by atoms with Crippen LogP contribution in [0.25, 0.3) is 11.0 Å². The van der Waals surface area contributed by atoms with Gasteiger partial charge in [0.25, 0.3) is 0 Å². The molecule has 5 aromatic rings. The third-order valence-corrected chi connectivity index (χ3v) is 6.33. The van der Waals surface area contributed by atoms with Gasteiger partial charge in [-0.15, -0.1) is 5.10 Å². The average molecular weight is 520 g/mol. The molecule has 8 heteroatoms. The molecule has 0 aliphatic heterocycles. The van der Waals surface area contributed by atoms with Crippen molar-refractivity contribution < 1.29 is 14.3 Å². The summed E-state index contributed by atoms with van der Waals surface area (Å²) in [6.45, 7) is 2.69. The van der Waals surface area contributed by atoms with Gasteiger partial charge in [-0.3, -0.25) is 14.5 Å². The summed E-state index contributed by atoms with van der Waals surface area (Å²) in [4.78, 5) is 29.5. The lowest BCUT2D eigenvalue weighted by Crippen LogP contribution is -2.45. The normalized spacial score (nSPS) is 11.6. The Morgan fingerprint density at radius 2 is 1.54 bits per heavy atom. The Labute approximate surface area is 226 Å². The fraction of sp³-hybridized carbons (Fsp3) is 0.161. The fourth-order valence-electron chi connectivity index (χ4n) is 4.48. The van der Waals surface area contributed by atoms with Crippen LogP contribution >= 0.6 is 0 Å². The van der Waals surface area contributed by atoms with Gasteiger partial charge in [-0.1, -0.05) is 78.0 Å². The Bertz CT molecular complexity index is 1540. The molecule has 0 spiro atoms. The van der Waals surface area contributed by atoms with E-state index in [4.69, 9.17) is 4.74 Å². The zero-order valence-electron chi connectivity index (χ0n) is 21.6. The molecule has 1 N–H and O–H groups in total. The molecular weight excluding hydrogens is 490 g/mol. The van der Waals surface area contributed by atoms with E-state index in [0.717, 1.165) is 11.1 Å². The van der Waals surface area contributed by atoms with Crippen molar-refractivity contribution in [3.63, 3.8) is 0 Å². The first-order valence-corrected chi connectivity index (χ1v) is 12.8. The van der Waals surface area contributed by atoms with E-state index in [-0.39, 0.29) is 18.4 Å². The molecule has 196 valence electrons. The molecule has 0 aliphatic rings. The van der Waals surface area contributed by atoms with Crippen molar-refractivity contribution >= 4 is 28.5 Å². The summed E-state index contributed by atoms with van der Waals surface area (Å²) >= 11 is 0. The van der Waals surface area contributed by atoms with Gasteiger partial charge in [0.05, 0.1) is 12.1 Å². The summed E-state index contributed by atoms with van der Waals surface area (Å²) in [6.07, 6.45) is 0. The number of carbonyl (C=O) groups is 2. The molecule has 5 rings (SSSR count). The maximum atomic E-state index is 14.1. The third kappa shape index (κ3) is 5.96. The van der Waals surface area contributed by atoms with E-state index in [1.54, 1.807) is 4.68 Å². The quantitative estimate of drug-likeness (QED) is 0.283. The van der Waals surface area contributed by atoms with Crippen molar-refractivity contribution in [2.45, 2.75) is 26.1 Å². The monoisotopic (exact) mass is 519 g/mol. The van der Waals surface area contributed by atoms with E-state index in [2.05, 4.69) is 15.6 Å². The number of para-hydroxylation sites is 2. The smallest absolute Gasteiger partial charge is 0.249 e. The van der Waals surface area contributed by atoms with Gasteiger partial charge in [-0.25, -0.2) is 4.68 Å². The zero-order valence-corrected chi connectivity index (χ0v) is 21.6. The van der Waals surface area contributed by atoms with Crippen LogP contribution in [0.1, 0.15) is 24.1 Å².